The van der Waals surface area contributed by atoms with E-state index < -0.39 is 0 Å². The van der Waals surface area contributed by atoms with Gasteiger partial charge in [0.25, 0.3) is 0 Å². The summed E-state index contributed by atoms with van der Waals surface area (Å²) < 4.78 is 35.5. The Morgan fingerprint density at radius 2 is 1.22 bits per heavy atom. The first-order chi connectivity index (χ1) is 16.8. The van der Waals surface area contributed by atoms with Crippen molar-refractivity contribution in [2.45, 2.75) is 142 Å². The Morgan fingerprint density at radius 3 is 1.72 bits per heavy atom. The van der Waals surface area contributed by atoms with Crippen molar-refractivity contribution in [3.63, 3.8) is 0 Å². The van der Waals surface area contributed by atoms with Crippen LogP contribution >= 0.6 is 0 Å². The highest BCUT2D eigenvalue weighted by molar-refractivity contribution is 4.83. The normalized spacial score (nSPS) is 22.2. The second-order valence-electron chi connectivity index (χ2n) is 13.3. The molecule has 6 heteroatoms. The van der Waals surface area contributed by atoms with E-state index in [1.807, 2.05) is 0 Å². The minimum absolute atomic E-state index is 0.110. The van der Waals surface area contributed by atoms with E-state index in [1.54, 1.807) is 0 Å². The Labute approximate surface area is 222 Å². The number of hydrogen-bond donors (Lipinski definition) is 0. The van der Waals surface area contributed by atoms with Crippen molar-refractivity contribution >= 4 is 0 Å². The topological polar surface area (TPSA) is 62.0 Å². The second kappa shape index (κ2) is 14.8. The largest absolute Gasteiger partial charge is 0.378 e. The predicted octanol–water partition coefficient (Wildman–Crippen LogP) is 6.58. The van der Waals surface area contributed by atoms with E-state index in [1.165, 1.54) is 0 Å². The molecule has 0 amide bonds. The van der Waals surface area contributed by atoms with Crippen molar-refractivity contribution in [1.82, 2.24) is 0 Å². The lowest BCUT2D eigenvalue weighted by atomic mass is 9.80. The molecule has 0 radical (unpaired) electrons. The number of rotatable bonds is 22. The molecule has 0 saturated carbocycles. The van der Waals surface area contributed by atoms with Gasteiger partial charge in [-0.3, -0.25) is 0 Å². The molecule has 214 valence electrons. The number of epoxide rings is 2. The average Bonchev–Trinajstić information content (AvgIpc) is 3.66. The van der Waals surface area contributed by atoms with Crippen LogP contribution in [0.15, 0.2) is 0 Å². The van der Waals surface area contributed by atoms with Crippen LogP contribution in [0.3, 0.4) is 0 Å². The van der Waals surface area contributed by atoms with Crippen LogP contribution in [0.2, 0.25) is 0 Å². The van der Waals surface area contributed by atoms with Gasteiger partial charge < -0.3 is 28.4 Å². The molecular formula is C30H58O6. The first kappa shape index (κ1) is 32.0. The van der Waals surface area contributed by atoms with Crippen LogP contribution in [-0.4, -0.2) is 74.8 Å². The summed E-state index contributed by atoms with van der Waals surface area (Å²) in [4.78, 5) is 0. The van der Waals surface area contributed by atoms with Gasteiger partial charge in [-0.15, -0.1) is 0 Å². The third-order valence-electron chi connectivity index (χ3n) is 7.53. The Balaban J connectivity index is 1.68. The zero-order valence-electron chi connectivity index (χ0n) is 25.0. The Kier molecular flexibility index (Phi) is 13.1. The van der Waals surface area contributed by atoms with E-state index in [0.29, 0.717) is 30.7 Å². The summed E-state index contributed by atoms with van der Waals surface area (Å²) in [6.45, 7) is 24.8. The summed E-state index contributed by atoms with van der Waals surface area (Å²) in [6, 6.07) is 0. The molecule has 2 rings (SSSR count). The fraction of sp³-hybridized carbons (Fsp3) is 1.00. The van der Waals surface area contributed by atoms with Gasteiger partial charge in [-0.2, -0.15) is 0 Å². The molecule has 0 aromatic heterocycles. The summed E-state index contributed by atoms with van der Waals surface area (Å²) >= 11 is 0. The van der Waals surface area contributed by atoms with Crippen LogP contribution in [0.25, 0.3) is 0 Å². The highest BCUT2D eigenvalue weighted by Gasteiger charge is 2.33. The van der Waals surface area contributed by atoms with Gasteiger partial charge in [0.1, 0.15) is 0 Å². The molecule has 2 aliphatic rings. The minimum atomic E-state index is -0.207. The standard InChI is InChI=1S/C30H58O6/c1-23(2)19-25(30(8,9)36-18-14-29(6,7)35-17-12-27-22-33-27)20-24(3)31-15-10-13-28(4,5)34-16-11-26-21-32-26/h23-27H,10-22H2,1-9H3. The SMILES string of the molecule is CC(C)CC(CC(C)OCCCC(C)(C)OCCC1CO1)C(C)(C)OCCC(C)(C)OCCC1CO1. The first-order valence-electron chi connectivity index (χ1n) is 14.5. The lowest BCUT2D eigenvalue weighted by Gasteiger charge is -2.38. The van der Waals surface area contributed by atoms with Crippen LogP contribution in [0.1, 0.15) is 107 Å². The molecule has 0 N–H and O–H groups in total. The summed E-state index contributed by atoms with van der Waals surface area (Å²) in [5, 5.41) is 0. The molecule has 4 unspecified atom stereocenters. The first-order valence-corrected chi connectivity index (χ1v) is 14.5. The molecule has 2 aliphatic heterocycles. The average molecular weight is 515 g/mol. The van der Waals surface area contributed by atoms with E-state index in [2.05, 4.69) is 62.3 Å². The van der Waals surface area contributed by atoms with E-state index in [4.69, 9.17) is 28.4 Å². The fourth-order valence-electron chi connectivity index (χ4n) is 4.71. The van der Waals surface area contributed by atoms with Gasteiger partial charge in [-0.1, -0.05) is 13.8 Å². The van der Waals surface area contributed by atoms with E-state index in [9.17, 15) is 0 Å². The zero-order valence-corrected chi connectivity index (χ0v) is 25.0. The lowest BCUT2D eigenvalue weighted by molar-refractivity contribution is -0.106. The van der Waals surface area contributed by atoms with Crippen molar-refractivity contribution < 1.29 is 28.4 Å². The molecule has 36 heavy (non-hydrogen) atoms. The van der Waals surface area contributed by atoms with Crippen molar-refractivity contribution in [2.75, 3.05) is 39.6 Å². The van der Waals surface area contributed by atoms with E-state index in [0.717, 1.165) is 78.0 Å². The highest BCUT2D eigenvalue weighted by atomic mass is 16.6. The molecular weight excluding hydrogens is 456 g/mol. The van der Waals surface area contributed by atoms with E-state index in [-0.39, 0.29) is 22.9 Å². The van der Waals surface area contributed by atoms with Crippen LogP contribution in [0, 0.1) is 11.8 Å². The Hall–Kier alpha value is -0.240. The van der Waals surface area contributed by atoms with Crippen molar-refractivity contribution in [3.8, 4) is 0 Å². The number of hydrogen-bond acceptors (Lipinski definition) is 6. The summed E-state index contributed by atoms with van der Waals surface area (Å²) in [5.74, 6) is 1.06. The molecule has 0 spiro atoms. The maximum atomic E-state index is 6.51. The second-order valence-corrected chi connectivity index (χ2v) is 13.3. The molecule has 2 saturated heterocycles. The molecule has 0 bridgehead atoms. The fourth-order valence-corrected chi connectivity index (χ4v) is 4.71. The van der Waals surface area contributed by atoms with Gasteiger partial charge in [-0.25, -0.2) is 0 Å². The third-order valence-corrected chi connectivity index (χ3v) is 7.53. The van der Waals surface area contributed by atoms with Crippen molar-refractivity contribution in [1.29, 1.82) is 0 Å². The summed E-state index contributed by atoms with van der Waals surface area (Å²) in [7, 11) is 0. The molecule has 2 heterocycles. The molecule has 0 aromatic rings. The van der Waals surface area contributed by atoms with Gasteiger partial charge >= 0.3 is 0 Å². The van der Waals surface area contributed by atoms with Crippen molar-refractivity contribution in [2.24, 2.45) is 11.8 Å². The molecule has 6 nitrogen and oxygen atoms in total. The summed E-state index contributed by atoms with van der Waals surface area (Å²) in [6.07, 6.45) is 8.09. The molecule has 0 aromatic carbocycles. The molecule has 0 aliphatic carbocycles. The monoisotopic (exact) mass is 514 g/mol. The van der Waals surface area contributed by atoms with Crippen LogP contribution in [0.4, 0.5) is 0 Å². The van der Waals surface area contributed by atoms with Crippen LogP contribution < -0.4 is 0 Å². The Bertz CT molecular complexity index is 594. The van der Waals surface area contributed by atoms with E-state index >= 15 is 0 Å². The van der Waals surface area contributed by atoms with Crippen molar-refractivity contribution in [3.05, 3.63) is 0 Å². The van der Waals surface area contributed by atoms with Gasteiger partial charge in [0.15, 0.2) is 0 Å². The molecule has 4 atom stereocenters. The van der Waals surface area contributed by atoms with Crippen LogP contribution in [0.5, 0.6) is 0 Å². The minimum Gasteiger partial charge on any atom is -0.378 e. The van der Waals surface area contributed by atoms with Gasteiger partial charge in [0.05, 0.1) is 54.9 Å². The van der Waals surface area contributed by atoms with Gasteiger partial charge in [0.2, 0.25) is 0 Å². The Morgan fingerprint density at radius 1 is 0.694 bits per heavy atom. The summed E-state index contributed by atoms with van der Waals surface area (Å²) in [5.41, 5.74) is -0.500. The zero-order chi connectivity index (χ0) is 26.8. The van der Waals surface area contributed by atoms with Gasteiger partial charge in [-0.05, 0) is 105 Å². The molecule has 2 fully saturated rings. The maximum Gasteiger partial charge on any atom is 0.0831 e. The third kappa shape index (κ3) is 14.6. The lowest BCUT2D eigenvalue weighted by Crippen LogP contribution is -2.39. The maximum absolute atomic E-state index is 6.51. The predicted molar refractivity (Wildman–Crippen MR) is 146 cm³/mol. The van der Waals surface area contributed by atoms with Crippen LogP contribution in [-0.2, 0) is 28.4 Å². The number of ether oxygens (including phenoxy) is 6. The highest BCUT2D eigenvalue weighted by Crippen LogP contribution is 2.33. The smallest absolute Gasteiger partial charge is 0.0831 e. The van der Waals surface area contributed by atoms with Gasteiger partial charge in [0, 0.05) is 19.8 Å². The quantitative estimate of drug-likeness (QED) is 0.120.